The smallest absolute Gasteiger partial charge is 0.103 e. The van der Waals surface area contributed by atoms with E-state index in [1.54, 1.807) is 0 Å². The minimum Gasteiger partial charge on any atom is -0.366 e. The Kier molecular flexibility index (Phi) is 5.95. The molecule has 0 radical (unpaired) electrons. The lowest BCUT2D eigenvalue weighted by Crippen LogP contribution is -2.30. The molecule has 1 aromatic rings. The van der Waals surface area contributed by atoms with Gasteiger partial charge in [0.25, 0.3) is 0 Å². The second-order valence-electron chi connectivity index (χ2n) is 4.19. The van der Waals surface area contributed by atoms with Crippen LogP contribution in [-0.2, 0) is 0 Å². The monoisotopic (exact) mass is 242 g/mol. The average molecular weight is 242 g/mol. The van der Waals surface area contributed by atoms with Gasteiger partial charge in [0.05, 0.1) is 0 Å². The molecular formula is C16H22N2. The summed E-state index contributed by atoms with van der Waals surface area (Å²) in [5.74, 6) is 0. The molecule has 0 spiro atoms. The summed E-state index contributed by atoms with van der Waals surface area (Å²) in [6.07, 6.45) is 6.19. The van der Waals surface area contributed by atoms with Gasteiger partial charge in [-0.15, -0.1) is 0 Å². The third-order valence-electron chi connectivity index (χ3n) is 2.58. The molecule has 0 aliphatic carbocycles. The minimum atomic E-state index is 0.0772. The number of allylic oxidation sites excluding steroid dienone is 4. The molecule has 0 bridgehead atoms. The SMILES string of the molecule is C=C(/C=C(C)\C=C/C)NC(NC)c1ccccc1. The van der Waals surface area contributed by atoms with Crippen LogP contribution in [-0.4, -0.2) is 7.05 Å². The molecule has 1 unspecified atom stereocenters. The van der Waals surface area contributed by atoms with Crippen LogP contribution in [0.5, 0.6) is 0 Å². The Morgan fingerprint density at radius 3 is 2.50 bits per heavy atom. The molecule has 0 aliphatic heterocycles. The largest absolute Gasteiger partial charge is 0.366 e. The maximum Gasteiger partial charge on any atom is 0.103 e. The minimum absolute atomic E-state index is 0.0772. The highest BCUT2D eigenvalue weighted by atomic mass is 15.1. The van der Waals surface area contributed by atoms with E-state index < -0.39 is 0 Å². The van der Waals surface area contributed by atoms with Gasteiger partial charge in [0.1, 0.15) is 6.17 Å². The van der Waals surface area contributed by atoms with Crippen LogP contribution in [0.4, 0.5) is 0 Å². The van der Waals surface area contributed by atoms with Crippen LogP contribution in [0.3, 0.4) is 0 Å². The van der Waals surface area contributed by atoms with Crippen molar-refractivity contribution < 1.29 is 0 Å². The first kappa shape index (κ1) is 14.3. The first-order valence-electron chi connectivity index (χ1n) is 6.16. The molecule has 0 saturated heterocycles. The maximum atomic E-state index is 4.03. The predicted molar refractivity (Wildman–Crippen MR) is 79.1 cm³/mol. The van der Waals surface area contributed by atoms with Crippen LogP contribution >= 0.6 is 0 Å². The summed E-state index contributed by atoms with van der Waals surface area (Å²) in [7, 11) is 1.93. The van der Waals surface area contributed by atoms with Crippen LogP contribution in [0.1, 0.15) is 25.6 Å². The van der Waals surface area contributed by atoms with Gasteiger partial charge in [-0.1, -0.05) is 49.1 Å². The van der Waals surface area contributed by atoms with Crippen molar-refractivity contribution in [2.24, 2.45) is 0 Å². The van der Waals surface area contributed by atoms with Gasteiger partial charge >= 0.3 is 0 Å². The van der Waals surface area contributed by atoms with E-state index in [-0.39, 0.29) is 6.17 Å². The van der Waals surface area contributed by atoms with Gasteiger partial charge in [-0.25, -0.2) is 0 Å². The molecule has 96 valence electrons. The van der Waals surface area contributed by atoms with E-state index in [2.05, 4.69) is 42.3 Å². The topological polar surface area (TPSA) is 24.1 Å². The van der Waals surface area contributed by atoms with Crippen molar-refractivity contribution in [3.05, 3.63) is 72.0 Å². The quantitative estimate of drug-likeness (QED) is 0.589. The van der Waals surface area contributed by atoms with E-state index in [0.717, 1.165) is 5.70 Å². The fourth-order valence-corrected chi connectivity index (χ4v) is 1.78. The summed E-state index contributed by atoms with van der Waals surface area (Å²) in [5.41, 5.74) is 3.27. The van der Waals surface area contributed by atoms with E-state index >= 15 is 0 Å². The van der Waals surface area contributed by atoms with E-state index in [4.69, 9.17) is 0 Å². The Bertz CT molecular complexity index is 430. The summed E-state index contributed by atoms with van der Waals surface area (Å²) in [6.45, 7) is 8.10. The third kappa shape index (κ3) is 4.60. The van der Waals surface area contributed by atoms with Gasteiger partial charge in [-0.05, 0) is 38.1 Å². The number of hydrogen-bond acceptors (Lipinski definition) is 2. The third-order valence-corrected chi connectivity index (χ3v) is 2.58. The first-order chi connectivity index (χ1) is 8.67. The molecule has 2 nitrogen and oxygen atoms in total. The van der Waals surface area contributed by atoms with Gasteiger partial charge in [0.15, 0.2) is 0 Å². The fraction of sp³-hybridized carbons (Fsp3) is 0.250. The molecule has 0 aromatic heterocycles. The lowest BCUT2D eigenvalue weighted by atomic mass is 10.1. The van der Waals surface area contributed by atoms with Gasteiger partial charge in [-0.3, -0.25) is 5.32 Å². The van der Waals surface area contributed by atoms with E-state index in [1.165, 1.54) is 11.1 Å². The first-order valence-corrected chi connectivity index (χ1v) is 6.16. The lowest BCUT2D eigenvalue weighted by molar-refractivity contribution is 0.530. The van der Waals surface area contributed by atoms with Crippen molar-refractivity contribution in [3.8, 4) is 0 Å². The molecule has 0 saturated carbocycles. The Morgan fingerprint density at radius 2 is 1.94 bits per heavy atom. The second kappa shape index (κ2) is 7.51. The highest BCUT2D eigenvalue weighted by molar-refractivity contribution is 5.27. The Labute approximate surface area is 110 Å². The molecule has 1 aromatic carbocycles. The predicted octanol–water partition coefficient (Wildman–Crippen LogP) is 3.53. The van der Waals surface area contributed by atoms with E-state index in [1.807, 2.05) is 44.3 Å². The zero-order valence-electron chi connectivity index (χ0n) is 11.4. The van der Waals surface area contributed by atoms with Crippen molar-refractivity contribution in [3.63, 3.8) is 0 Å². The normalized spacial score (nSPS) is 13.6. The highest BCUT2D eigenvalue weighted by Gasteiger charge is 2.07. The Balaban J connectivity index is 2.70. The number of benzene rings is 1. The van der Waals surface area contributed by atoms with Crippen molar-refractivity contribution in [1.82, 2.24) is 10.6 Å². The maximum absolute atomic E-state index is 4.03. The Hall–Kier alpha value is -1.80. The van der Waals surface area contributed by atoms with Crippen LogP contribution in [0.25, 0.3) is 0 Å². The molecule has 2 heteroatoms. The summed E-state index contributed by atoms with van der Waals surface area (Å²) < 4.78 is 0. The zero-order valence-corrected chi connectivity index (χ0v) is 11.4. The van der Waals surface area contributed by atoms with Gasteiger partial charge in [0.2, 0.25) is 0 Å². The van der Waals surface area contributed by atoms with Crippen molar-refractivity contribution >= 4 is 0 Å². The highest BCUT2D eigenvalue weighted by Crippen LogP contribution is 2.11. The van der Waals surface area contributed by atoms with Crippen LogP contribution < -0.4 is 10.6 Å². The fourth-order valence-electron chi connectivity index (χ4n) is 1.78. The van der Waals surface area contributed by atoms with Crippen molar-refractivity contribution in [2.45, 2.75) is 20.0 Å². The molecule has 0 fully saturated rings. The molecule has 1 atom stereocenters. The lowest BCUT2D eigenvalue weighted by Gasteiger charge is -2.20. The van der Waals surface area contributed by atoms with Gasteiger partial charge < -0.3 is 5.32 Å². The van der Waals surface area contributed by atoms with Crippen LogP contribution in [0.2, 0.25) is 0 Å². The molecule has 18 heavy (non-hydrogen) atoms. The van der Waals surface area contributed by atoms with Gasteiger partial charge in [0, 0.05) is 5.70 Å². The van der Waals surface area contributed by atoms with Crippen molar-refractivity contribution in [2.75, 3.05) is 7.05 Å². The number of rotatable bonds is 6. The number of nitrogens with one attached hydrogen (secondary N) is 2. The number of hydrogen-bond donors (Lipinski definition) is 2. The molecule has 1 rings (SSSR count). The van der Waals surface area contributed by atoms with E-state index in [9.17, 15) is 0 Å². The molecular weight excluding hydrogens is 220 g/mol. The van der Waals surface area contributed by atoms with Crippen LogP contribution in [0.15, 0.2) is 66.4 Å². The molecule has 0 amide bonds. The standard InChI is InChI=1S/C16H22N2/c1-5-9-13(2)12-14(3)18-16(17-4)15-10-7-6-8-11-15/h5-12,16-18H,3H2,1-2,4H3/b9-5-,13-12-. The molecule has 0 heterocycles. The average Bonchev–Trinajstić information content (AvgIpc) is 2.37. The van der Waals surface area contributed by atoms with E-state index in [0.29, 0.717) is 0 Å². The summed E-state index contributed by atoms with van der Waals surface area (Å²) in [5, 5.41) is 6.59. The zero-order chi connectivity index (χ0) is 13.4. The van der Waals surface area contributed by atoms with Gasteiger partial charge in [-0.2, -0.15) is 0 Å². The summed E-state index contributed by atoms with van der Waals surface area (Å²) in [6, 6.07) is 10.3. The molecule has 2 N–H and O–H groups in total. The molecule has 0 aliphatic rings. The summed E-state index contributed by atoms with van der Waals surface area (Å²) in [4.78, 5) is 0. The summed E-state index contributed by atoms with van der Waals surface area (Å²) >= 11 is 0. The van der Waals surface area contributed by atoms with Crippen LogP contribution in [0, 0.1) is 0 Å². The second-order valence-corrected chi connectivity index (χ2v) is 4.19. The Morgan fingerprint density at radius 1 is 1.28 bits per heavy atom. The van der Waals surface area contributed by atoms with Crippen molar-refractivity contribution in [1.29, 1.82) is 0 Å².